The first-order valence-corrected chi connectivity index (χ1v) is 6.24. The number of amides is 2. The van der Waals surface area contributed by atoms with Gasteiger partial charge < -0.3 is 10.1 Å². The third-order valence-electron chi connectivity index (χ3n) is 3.15. The summed E-state index contributed by atoms with van der Waals surface area (Å²) in [6.07, 6.45) is 0. The summed E-state index contributed by atoms with van der Waals surface area (Å²) in [5.74, 6) is -0.170. The molecule has 0 spiro atoms. The molecule has 0 atom stereocenters. The van der Waals surface area contributed by atoms with Crippen molar-refractivity contribution in [3.8, 4) is 5.88 Å². The van der Waals surface area contributed by atoms with Crippen LogP contribution in [-0.4, -0.2) is 35.9 Å². The average molecular weight is 284 g/mol. The molecule has 7 nitrogen and oxygen atoms in total. The molecular formula is C14H12N4O3. The highest BCUT2D eigenvalue weighted by Crippen LogP contribution is 2.28. The summed E-state index contributed by atoms with van der Waals surface area (Å²) in [4.78, 5) is 33.9. The van der Waals surface area contributed by atoms with Gasteiger partial charge in [-0.05, 0) is 12.1 Å². The molecule has 3 rings (SSSR count). The lowest BCUT2D eigenvalue weighted by Crippen LogP contribution is -2.31. The Hall–Kier alpha value is -2.96. The molecular weight excluding hydrogens is 272 g/mol. The van der Waals surface area contributed by atoms with Gasteiger partial charge >= 0.3 is 0 Å². The molecule has 1 aliphatic rings. The molecule has 0 radical (unpaired) electrons. The Morgan fingerprint density at radius 1 is 1.10 bits per heavy atom. The molecule has 2 heterocycles. The number of hydrogen-bond acceptors (Lipinski definition) is 6. The Morgan fingerprint density at radius 3 is 2.24 bits per heavy atom. The molecule has 1 aromatic heterocycles. The van der Waals surface area contributed by atoms with Gasteiger partial charge in [0.1, 0.15) is 5.82 Å². The predicted octanol–water partition coefficient (Wildman–Crippen LogP) is 1.33. The number of aromatic nitrogens is 2. The van der Waals surface area contributed by atoms with Crippen LogP contribution in [0.1, 0.15) is 20.7 Å². The third kappa shape index (κ3) is 1.99. The lowest BCUT2D eigenvalue weighted by molar-refractivity contribution is 0.0924. The Labute approximate surface area is 120 Å². The van der Waals surface area contributed by atoms with E-state index in [-0.39, 0.29) is 11.8 Å². The highest BCUT2D eigenvalue weighted by atomic mass is 16.5. The summed E-state index contributed by atoms with van der Waals surface area (Å²) in [6.45, 7) is 0. The summed E-state index contributed by atoms with van der Waals surface area (Å²) in [6, 6.07) is 8.20. The van der Waals surface area contributed by atoms with E-state index in [2.05, 4.69) is 15.3 Å². The second-order valence-electron chi connectivity index (χ2n) is 4.34. The molecule has 21 heavy (non-hydrogen) atoms. The summed E-state index contributed by atoms with van der Waals surface area (Å²) in [7, 11) is 3.13. The van der Waals surface area contributed by atoms with Crippen molar-refractivity contribution in [2.24, 2.45) is 0 Å². The number of anilines is 2. The molecule has 2 aromatic rings. The fraction of sp³-hybridized carbons (Fsp3) is 0.143. The molecule has 0 bridgehead atoms. The Bertz CT molecular complexity index is 687. The van der Waals surface area contributed by atoms with Crippen LogP contribution >= 0.6 is 0 Å². The van der Waals surface area contributed by atoms with Crippen molar-refractivity contribution in [2.75, 3.05) is 24.4 Å². The maximum atomic E-state index is 12.4. The lowest BCUT2D eigenvalue weighted by Gasteiger charge is -2.13. The number of methoxy groups -OCH3 is 1. The first-order chi connectivity index (χ1) is 10.2. The van der Waals surface area contributed by atoms with Crippen LogP contribution in [-0.2, 0) is 0 Å². The summed E-state index contributed by atoms with van der Waals surface area (Å²) in [5.41, 5.74) is 0.694. The smallest absolute Gasteiger partial charge is 0.268 e. The van der Waals surface area contributed by atoms with E-state index in [1.807, 2.05) is 0 Å². The molecule has 2 amide bonds. The van der Waals surface area contributed by atoms with Crippen LogP contribution < -0.4 is 15.0 Å². The minimum absolute atomic E-state index is 0.00935. The number of benzene rings is 1. The largest absolute Gasteiger partial charge is 0.481 e. The Balaban J connectivity index is 2.10. The second kappa shape index (κ2) is 4.86. The zero-order valence-electron chi connectivity index (χ0n) is 11.5. The fourth-order valence-corrected chi connectivity index (χ4v) is 2.12. The van der Waals surface area contributed by atoms with Crippen molar-refractivity contribution >= 4 is 23.6 Å². The van der Waals surface area contributed by atoms with Crippen LogP contribution in [0.25, 0.3) is 0 Å². The van der Waals surface area contributed by atoms with Gasteiger partial charge in [0.25, 0.3) is 11.8 Å². The monoisotopic (exact) mass is 284 g/mol. The first kappa shape index (κ1) is 13.0. The van der Waals surface area contributed by atoms with Crippen molar-refractivity contribution in [3.63, 3.8) is 0 Å². The highest BCUT2D eigenvalue weighted by molar-refractivity contribution is 6.33. The van der Waals surface area contributed by atoms with Crippen molar-refractivity contribution in [3.05, 3.63) is 41.5 Å². The van der Waals surface area contributed by atoms with Gasteiger partial charge in [-0.3, -0.25) is 9.59 Å². The van der Waals surface area contributed by atoms with E-state index in [9.17, 15) is 9.59 Å². The number of carbonyl (C=O) groups is 2. The van der Waals surface area contributed by atoms with Gasteiger partial charge in [-0.15, -0.1) is 0 Å². The van der Waals surface area contributed by atoms with Crippen LogP contribution in [0, 0.1) is 0 Å². The first-order valence-electron chi connectivity index (χ1n) is 6.24. The molecule has 0 saturated carbocycles. The Kier molecular flexibility index (Phi) is 3.02. The van der Waals surface area contributed by atoms with Gasteiger partial charge in [0.2, 0.25) is 11.8 Å². The van der Waals surface area contributed by atoms with Crippen molar-refractivity contribution in [2.45, 2.75) is 0 Å². The van der Waals surface area contributed by atoms with E-state index < -0.39 is 11.8 Å². The van der Waals surface area contributed by atoms with Gasteiger partial charge in [-0.1, -0.05) is 12.1 Å². The number of nitrogens with zero attached hydrogens (tertiary/aromatic N) is 3. The minimum atomic E-state index is -0.439. The molecule has 7 heteroatoms. The maximum Gasteiger partial charge on any atom is 0.268 e. The molecule has 0 fully saturated rings. The number of fused-ring (bicyclic) bond motifs is 1. The third-order valence-corrected chi connectivity index (χ3v) is 3.15. The lowest BCUT2D eigenvalue weighted by atomic mass is 10.1. The standard InChI is InChI=1S/C14H12N4O3/c1-15-10-7-11(21-2)17-14(16-10)18-12(19)8-5-3-4-6-9(8)13(18)20/h3-7H,1-2H3,(H,15,16,17). The quantitative estimate of drug-likeness (QED) is 0.856. The van der Waals surface area contributed by atoms with E-state index in [1.54, 1.807) is 37.4 Å². The van der Waals surface area contributed by atoms with Crippen LogP contribution in [0.5, 0.6) is 5.88 Å². The van der Waals surface area contributed by atoms with E-state index in [0.29, 0.717) is 16.9 Å². The van der Waals surface area contributed by atoms with Crippen LogP contribution in [0.15, 0.2) is 30.3 Å². The van der Waals surface area contributed by atoms with Crippen molar-refractivity contribution in [1.82, 2.24) is 9.97 Å². The van der Waals surface area contributed by atoms with E-state index >= 15 is 0 Å². The van der Waals surface area contributed by atoms with Gasteiger partial charge in [-0.25, -0.2) is 4.90 Å². The number of ether oxygens (including phenoxy) is 1. The van der Waals surface area contributed by atoms with Crippen LogP contribution in [0.3, 0.4) is 0 Å². The number of nitrogens with one attached hydrogen (secondary N) is 1. The van der Waals surface area contributed by atoms with Crippen molar-refractivity contribution in [1.29, 1.82) is 0 Å². The van der Waals surface area contributed by atoms with Gasteiger partial charge in [0.15, 0.2) is 0 Å². The summed E-state index contributed by atoms with van der Waals surface area (Å²) in [5, 5.41) is 2.84. The zero-order valence-corrected chi connectivity index (χ0v) is 11.5. The molecule has 0 saturated heterocycles. The number of imide groups is 1. The molecule has 1 N–H and O–H groups in total. The van der Waals surface area contributed by atoms with E-state index in [0.717, 1.165) is 4.90 Å². The predicted molar refractivity (Wildman–Crippen MR) is 75.7 cm³/mol. The zero-order chi connectivity index (χ0) is 15.0. The normalized spacial score (nSPS) is 13.3. The number of hydrogen-bond donors (Lipinski definition) is 1. The van der Waals surface area contributed by atoms with E-state index in [1.165, 1.54) is 7.11 Å². The number of rotatable bonds is 3. The molecule has 1 aliphatic heterocycles. The molecule has 0 aliphatic carbocycles. The number of carbonyl (C=O) groups excluding carboxylic acids is 2. The average Bonchev–Trinajstić information content (AvgIpc) is 2.78. The highest BCUT2D eigenvalue weighted by Gasteiger charge is 2.38. The van der Waals surface area contributed by atoms with Gasteiger partial charge in [-0.2, -0.15) is 9.97 Å². The maximum absolute atomic E-state index is 12.4. The molecule has 106 valence electrons. The topological polar surface area (TPSA) is 84.4 Å². The van der Waals surface area contributed by atoms with Gasteiger partial charge in [0.05, 0.1) is 18.2 Å². The van der Waals surface area contributed by atoms with Crippen molar-refractivity contribution < 1.29 is 14.3 Å². The fourth-order valence-electron chi connectivity index (χ4n) is 2.12. The van der Waals surface area contributed by atoms with Crippen LogP contribution in [0.2, 0.25) is 0 Å². The molecule has 0 unspecified atom stereocenters. The second-order valence-corrected chi connectivity index (χ2v) is 4.34. The van der Waals surface area contributed by atoms with E-state index in [4.69, 9.17) is 4.74 Å². The minimum Gasteiger partial charge on any atom is -0.481 e. The Morgan fingerprint density at radius 2 is 1.71 bits per heavy atom. The SMILES string of the molecule is CNc1cc(OC)nc(N2C(=O)c3ccccc3C2=O)n1. The van der Waals surface area contributed by atoms with Crippen LogP contribution in [0.4, 0.5) is 11.8 Å². The molecule has 1 aromatic carbocycles. The summed E-state index contributed by atoms with van der Waals surface area (Å²) >= 11 is 0. The summed E-state index contributed by atoms with van der Waals surface area (Å²) < 4.78 is 5.06. The van der Waals surface area contributed by atoms with Gasteiger partial charge in [0, 0.05) is 13.1 Å².